The highest BCUT2D eigenvalue weighted by atomic mass is 16.8. The molecule has 6 fully saturated rings. The largest absolute Gasteiger partial charge is 0.467 e. The maximum absolute atomic E-state index is 12.8. The Morgan fingerprint density at radius 1 is 0.772 bits per heavy atom. The summed E-state index contributed by atoms with van der Waals surface area (Å²) < 4.78 is 29.3. The van der Waals surface area contributed by atoms with E-state index in [9.17, 15) is 45.6 Å². The van der Waals surface area contributed by atoms with Crippen molar-refractivity contribution < 1.29 is 69.3 Å². The first-order valence-corrected chi connectivity index (χ1v) is 21.3. The van der Waals surface area contributed by atoms with E-state index in [0.717, 1.165) is 52.1 Å². The Bertz CT molecular complexity index is 1530. The van der Waals surface area contributed by atoms with Crippen LogP contribution in [0.1, 0.15) is 106 Å². The summed E-state index contributed by atoms with van der Waals surface area (Å²) in [5.41, 5.74) is 0.107. The fourth-order valence-corrected chi connectivity index (χ4v) is 13.8. The normalized spacial score (nSPS) is 53.0. The van der Waals surface area contributed by atoms with Gasteiger partial charge in [-0.3, -0.25) is 0 Å². The Morgan fingerprint density at radius 2 is 1.47 bits per heavy atom. The van der Waals surface area contributed by atoms with Crippen LogP contribution in [0.25, 0.3) is 0 Å². The molecule has 2 aliphatic heterocycles. The van der Waals surface area contributed by atoms with Crippen LogP contribution in [0.2, 0.25) is 0 Å². The summed E-state index contributed by atoms with van der Waals surface area (Å²) in [6.07, 6.45) is -7.37. The molecule has 0 radical (unpaired) electrons. The van der Waals surface area contributed by atoms with Gasteiger partial charge in [-0.15, -0.1) is 0 Å². The van der Waals surface area contributed by atoms with E-state index < -0.39 is 97.0 Å². The first-order valence-electron chi connectivity index (χ1n) is 21.3. The molecule has 57 heavy (non-hydrogen) atoms. The molecule has 14 heteroatoms. The molecule has 0 unspecified atom stereocenters. The smallest absolute Gasteiger partial charge is 0.337 e. The SMILES string of the molecule is COC(=O)[C@H]1O[C@@H](O[C@H]2CC[C@]3(C)[C@H]4CC=C5[C@@H]6CC(C)(C)CC[C@]6(CO)[C@H](O)C[C@@]5(C)[C@]4(C)CC[C@H]3C2(C)C)[C@H](O[C@@H]2O[C@H](CO)[C@H](O)[C@H](O)[C@H]2O)[C@@H](O)[C@@H]1O. The number of carbonyl (C=O) groups is 1. The minimum Gasteiger partial charge on any atom is -0.467 e. The van der Waals surface area contributed by atoms with E-state index >= 15 is 0 Å². The molecule has 7 rings (SSSR count). The lowest BCUT2D eigenvalue weighted by molar-refractivity contribution is -0.374. The van der Waals surface area contributed by atoms with E-state index in [4.69, 9.17) is 23.7 Å². The minimum absolute atomic E-state index is 0.00661. The van der Waals surface area contributed by atoms with Crippen LogP contribution in [0, 0.1) is 50.2 Å². The van der Waals surface area contributed by atoms with Crippen LogP contribution in [-0.2, 0) is 28.5 Å². The fraction of sp³-hybridized carbons (Fsp3) is 0.930. The number of fused-ring (bicyclic) bond motifs is 7. The predicted octanol–water partition coefficient (Wildman–Crippen LogP) is 1.94. The molecule has 19 atom stereocenters. The van der Waals surface area contributed by atoms with Gasteiger partial charge in [0.05, 0.1) is 32.5 Å². The molecule has 326 valence electrons. The second-order valence-electron chi connectivity index (χ2n) is 21.0. The maximum atomic E-state index is 12.8. The molecule has 14 nitrogen and oxygen atoms in total. The average Bonchev–Trinajstić information content (AvgIpc) is 3.15. The topological polar surface area (TPSA) is 225 Å². The minimum atomic E-state index is -1.81. The van der Waals surface area contributed by atoms with Crippen molar-refractivity contribution in [1.82, 2.24) is 0 Å². The molecule has 2 saturated heterocycles. The van der Waals surface area contributed by atoms with Gasteiger partial charge in [0.1, 0.15) is 42.7 Å². The quantitative estimate of drug-likeness (QED) is 0.105. The molecule has 0 spiro atoms. The molecule has 0 aromatic heterocycles. The molecule has 0 bridgehead atoms. The maximum Gasteiger partial charge on any atom is 0.337 e. The highest BCUT2D eigenvalue weighted by molar-refractivity contribution is 5.75. The van der Waals surface area contributed by atoms with Crippen molar-refractivity contribution in [3.63, 3.8) is 0 Å². The van der Waals surface area contributed by atoms with Crippen LogP contribution in [0.15, 0.2) is 11.6 Å². The van der Waals surface area contributed by atoms with E-state index in [1.165, 1.54) is 5.57 Å². The average molecular weight is 811 g/mol. The second-order valence-corrected chi connectivity index (χ2v) is 21.0. The number of carbonyl (C=O) groups excluding carboxylic acids is 1. The Kier molecular flexibility index (Phi) is 11.5. The van der Waals surface area contributed by atoms with Gasteiger partial charge in [-0.2, -0.15) is 0 Å². The zero-order valence-corrected chi connectivity index (χ0v) is 35.0. The number of ether oxygens (including phenoxy) is 5. The van der Waals surface area contributed by atoms with Crippen molar-refractivity contribution in [3.8, 4) is 0 Å². The molecular weight excluding hydrogens is 740 g/mol. The molecule has 4 saturated carbocycles. The molecule has 7 aliphatic rings. The number of hydrogen-bond acceptors (Lipinski definition) is 14. The number of aliphatic hydroxyl groups is 8. The van der Waals surface area contributed by atoms with Crippen molar-refractivity contribution in [1.29, 1.82) is 0 Å². The van der Waals surface area contributed by atoms with Crippen molar-refractivity contribution >= 4 is 5.97 Å². The molecule has 0 amide bonds. The van der Waals surface area contributed by atoms with Crippen molar-refractivity contribution in [3.05, 3.63) is 11.6 Å². The van der Waals surface area contributed by atoms with Gasteiger partial charge in [-0.05, 0) is 103 Å². The lowest BCUT2D eigenvalue weighted by Crippen LogP contribution is -2.68. The van der Waals surface area contributed by atoms with E-state index in [2.05, 4.69) is 54.5 Å². The van der Waals surface area contributed by atoms with Crippen LogP contribution in [0.3, 0.4) is 0 Å². The molecule has 2 heterocycles. The van der Waals surface area contributed by atoms with Crippen LogP contribution < -0.4 is 0 Å². The van der Waals surface area contributed by atoms with Crippen LogP contribution in [0.5, 0.6) is 0 Å². The third-order valence-electron chi connectivity index (χ3n) is 17.5. The van der Waals surface area contributed by atoms with Gasteiger partial charge < -0.3 is 64.5 Å². The van der Waals surface area contributed by atoms with Gasteiger partial charge in [0.25, 0.3) is 0 Å². The Balaban J connectivity index is 1.17. The lowest BCUT2D eigenvalue weighted by atomic mass is 9.33. The lowest BCUT2D eigenvalue weighted by Gasteiger charge is -2.72. The monoisotopic (exact) mass is 810 g/mol. The standard InChI is InChI=1S/C43H70O14/c1-38(2)15-16-43(20-45)22(17-38)21-9-10-25-40(5)13-12-27(39(3,4)24(40)11-14-41(25,6)42(21,7)18-26(43)46)55-37-34(31(50)30(49)33(56-37)35(52)53-8)57-36-32(51)29(48)28(47)23(19-44)54-36/h9,22-34,36-37,44-51H,10-20H2,1-8H3/t22-,23+,24-,25+,26+,27-,28-,29-,30-,31-,32+,33-,34+,36-,37+,40-,41+,42+,43+/m0/s1. The van der Waals surface area contributed by atoms with Crippen LogP contribution >= 0.6 is 0 Å². The Labute approximate surface area is 336 Å². The van der Waals surface area contributed by atoms with Gasteiger partial charge in [0, 0.05) is 5.41 Å². The first-order chi connectivity index (χ1) is 26.6. The number of rotatable bonds is 7. The molecule has 0 aromatic carbocycles. The summed E-state index contributed by atoms with van der Waals surface area (Å²) in [6.45, 7) is 15.5. The number of hydrogen-bond donors (Lipinski definition) is 8. The molecular formula is C43H70O14. The van der Waals surface area contributed by atoms with Gasteiger partial charge >= 0.3 is 5.97 Å². The summed E-state index contributed by atoms with van der Waals surface area (Å²) in [6, 6.07) is 0. The third-order valence-corrected chi connectivity index (χ3v) is 17.5. The number of methoxy groups -OCH3 is 1. The Hall–Kier alpha value is -1.27. The second kappa shape index (κ2) is 15.0. The summed E-state index contributed by atoms with van der Waals surface area (Å²) in [5, 5.41) is 86.7. The molecule has 5 aliphatic carbocycles. The van der Waals surface area contributed by atoms with Crippen molar-refractivity contribution in [2.75, 3.05) is 20.3 Å². The first kappa shape index (κ1) is 43.8. The van der Waals surface area contributed by atoms with Crippen molar-refractivity contribution in [2.45, 2.75) is 180 Å². The van der Waals surface area contributed by atoms with E-state index in [-0.39, 0.29) is 40.1 Å². The van der Waals surface area contributed by atoms with Gasteiger partial charge in [0.15, 0.2) is 18.7 Å². The van der Waals surface area contributed by atoms with Crippen LogP contribution in [-0.4, -0.2) is 141 Å². The van der Waals surface area contributed by atoms with Gasteiger partial charge in [0.2, 0.25) is 0 Å². The Morgan fingerprint density at radius 3 is 2.12 bits per heavy atom. The summed E-state index contributed by atoms with van der Waals surface area (Å²) in [4.78, 5) is 12.8. The van der Waals surface area contributed by atoms with Gasteiger partial charge in [-0.1, -0.05) is 60.1 Å². The zero-order valence-electron chi connectivity index (χ0n) is 35.0. The molecule has 8 N–H and O–H groups in total. The fourth-order valence-electron chi connectivity index (χ4n) is 13.8. The highest BCUT2D eigenvalue weighted by Gasteiger charge is 2.70. The van der Waals surface area contributed by atoms with Crippen molar-refractivity contribution in [2.24, 2.45) is 50.2 Å². The highest BCUT2D eigenvalue weighted by Crippen LogP contribution is 2.76. The summed E-state index contributed by atoms with van der Waals surface area (Å²) in [5.74, 6) is -0.320. The number of esters is 1. The van der Waals surface area contributed by atoms with E-state index in [0.29, 0.717) is 18.8 Å². The number of aliphatic hydroxyl groups excluding tert-OH is 8. The number of allylic oxidation sites excluding steroid dienone is 2. The zero-order chi connectivity index (χ0) is 41.8. The third kappa shape index (κ3) is 6.52. The van der Waals surface area contributed by atoms with Gasteiger partial charge in [-0.25, -0.2) is 4.79 Å². The van der Waals surface area contributed by atoms with E-state index in [1.54, 1.807) is 0 Å². The van der Waals surface area contributed by atoms with E-state index in [1.807, 2.05) is 0 Å². The predicted molar refractivity (Wildman–Crippen MR) is 204 cm³/mol. The molecule has 0 aromatic rings. The van der Waals surface area contributed by atoms with Crippen LogP contribution in [0.4, 0.5) is 0 Å². The summed E-state index contributed by atoms with van der Waals surface area (Å²) >= 11 is 0. The summed E-state index contributed by atoms with van der Waals surface area (Å²) in [7, 11) is 1.13.